The molecule has 0 spiro atoms. The number of aliphatic hydroxyl groups is 1. The predicted octanol–water partition coefficient (Wildman–Crippen LogP) is 2.29. The number of rotatable bonds is 2. The van der Waals surface area contributed by atoms with Crippen LogP contribution in [-0.2, 0) is 6.42 Å². The third-order valence-corrected chi connectivity index (χ3v) is 3.52. The van der Waals surface area contributed by atoms with Crippen LogP contribution >= 0.6 is 11.6 Å². The predicted molar refractivity (Wildman–Crippen MR) is 72.4 cm³/mol. The molecule has 98 valence electrons. The Morgan fingerprint density at radius 1 is 1.68 bits per heavy atom. The van der Waals surface area contributed by atoms with Gasteiger partial charge in [0.05, 0.1) is 18.2 Å². The smallest absolute Gasteiger partial charge is 0.232 e. The van der Waals surface area contributed by atoms with E-state index in [1.54, 1.807) is 0 Å². The van der Waals surface area contributed by atoms with Gasteiger partial charge in [-0.15, -0.1) is 0 Å². The van der Waals surface area contributed by atoms with Crippen molar-refractivity contribution >= 4 is 23.1 Å². The Labute approximate surface area is 116 Å². The van der Waals surface area contributed by atoms with Gasteiger partial charge in [-0.2, -0.15) is 5.26 Å². The van der Waals surface area contributed by atoms with Gasteiger partial charge in [0.25, 0.3) is 0 Å². The molecule has 5 nitrogen and oxygen atoms in total. The number of hydrogen-bond acceptors (Lipinski definition) is 4. The highest BCUT2D eigenvalue weighted by Crippen LogP contribution is 2.37. The first-order valence-corrected chi connectivity index (χ1v) is 6.43. The number of nitrogens with zero attached hydrogens (tertiary/aromatic N) is 4. The second-order valence-corrected chi connectivity index (χ2v) is 4.75. The fourth-order valence-corrected chi connectivity index (χ4v) is 2.55. The summed E-state index contributed by atoms with van der Waals surface area (Å²) in [7, 11) is 0. The van der Waals surface area contributed by atoms with Crippen LogP contribution in [0, 0.1) is 17.9 Å². The molecular formula is C13H13ClN4O. The van der Waals surface area contributed by atoms with E-state index >= 15 is 0 Å². The molecule has 1 aliphatic rings. The third-order valence-electron chi connectivity index (χ3n) is 3.25. The van der Waals surface area contributed by atoms with Crippen LogP contribution in [0.4, 0.5) is 11.5 Å². The lowest BCUT2D eigenvalue weighted by atomic mass is 10.1. The number of halogens is 1. The lowest BCUT2D eigenvalue weighted by Crippen LogP contribution is -2.23. The Bertz CT molecular complexity index is 588. The van der Waals surface area contributed by atoms with Crippen LogP contribution in [0.5, 0.6) is 0 Å². The van der Waals surface area contributed by atoms with Gasteiger partial charge < -0.3 is 10.0 Å². The first-order chi connectivity index (χ1) is 9.12. The highest BCUT2D eigenvalue weighted by atomic mass is 35.5. The molecule has 1 aliphatic heterocycles. The molecule has 0 saturated carbocycles. The van der Waals surface area contributed by atoms with Crippen molar-refractivity contribution in [3.63, 3.8) is 0 Å². The van der Waals surface area contributed by atoms with E-state index in [2.05, 4.69) is 9.83 Å². The molecule has 0 aliphatic carbocycles. The Balaban J connectivity index is 2.60. The summed E-state index contributed by atoms with van der Waals surface area (Å²) < 4.78 is 0. The highest BCUT2D eigenvalue weighted by molar-refractivity contribution is 6.31. The Hall–Kier alpha value is -1.82. The summed E-state index contributed by atoms with van der Waals surface area (Å²) in [6.07, 6.45) is 0.796. The molecule has 19 heavy (non-hydrogen) atoms. The minimum Gasteiger partial charge on any atom is -0.391 e. The van der Waals surface area contributed by atoms with Crippen molar-refractivity contribution in [3.8, 4) is 6.07 Å². The summed E-state index contributed by atoms with van der Waals surface area (Å²) in [4.78, 5) is 9.55. The average molecular weight is 277 g/mol. The molecule has 1 aromatic rings. The SMILES string of the molecule is [C-]#[N+]c1c(N2CC[C@H](O)C2)nc(Cl)c(C#N)c1CC. The van der Waals surface area contributed by atoms with Crippen molar-refractivity contribution in [2.24, 2.45) is 0 Å². The molecule has 2 heterocycles. The molecule has 1 saturated heterocycles. The third kappa shape index (κ3) is 2.35. The Morgan fingerprint density at radius 2 is 2.42 bits per heavy atom. The maximum absolute atomic E-state index is 9.59. The van der Waals surface area contributed by atoms with Crippen molar-refractivity contribution in [2.45, 2.75) is 25.9 Å². The number of nitriles is 1. The van der Waals surface area contributed by atoms with Crippen molar-refractivity contribution in [1.29, 1.82) is 5.26 Å². The molecule has 1 fully saturated rings. The Kier molecular flexibility index (Phi) is 3.90. The first-order valence-electron chi connectivity index (χ1n) is 6.05. The monoisotopic (exact) mass is 276 g/mol. The fraction of sp³-hybridized carbons (Fsp3) is 0.462. The number of aromatic nitrogens is 1. The molecule has 0 aromatic carbocycles. The van der Waals surface area contributed by atoms with Crippen LogP contribution in [-0.4, -0.2) is 29.3 Å². The van der Waals surface area contributed by atoms with E-state index in [0.29, 0.717) is 43.0 Å². The van der Waals surface area contributed by atoms with Crippen molar-refractivity contribution in [1.82, 2.24) is 4.98 Å². The van der Waals surface area contributed by atoms with Gasteiger partial charge in [0, 0.05) is 13.1 Å². The second-order valence-electron chi connectivity index (χ2n) is 4.39. The molecule has 6 heteroatoms. The lowest BCUT2D eigenvalue weighted by Gasteiger charge is -2.20. The van der Waals surface area contributed by atoms with Crippen molar-refractivity contribution < 1.29 is 5.11 Å². The lowest BCUT2D eigenvalue weighted by molar-refractivity contribution is 0.198. The van der Waals surface area contributed by atoms with Crippen molar-refractivity contribution in [3.05, 3.63) is 27.7 Å². The summed E-state index contributed by atoms with van der Waals surface area (Å²) in [5.41, 5.74) is 1.28. The first kappa shape index (κ1) is 13.6. The van der Waals surface area contributed by atoms with Gasteiger partial charge in [-0.25, -0.2) is 9.83 Å². The summed E-state index contributed by atoms with van der Waals surface area (Å²) in [5.74, 6) is 0.479. The van der Waals surface area contributed by atoms with Gasteiger partial charge in [0.1, 0.15) is 17.0 Å². The molecule has 2 rings (SSSR count). The van der Waals surface area contributed by atoms with Gasteiger partial charge in [0.2, 0.25) is 5.69 Å². The Morgan fingerprint density at radius 3 is 2.89 bits per heavy atom. The zero-order valence-corrected chi connectivity index (χ0v) is 11.3. The van der Waals surface area contributed by atoms with E-state index in [-0.39, 0.29) is 10.7 Å². The van der Waals surface area contributed by atoms with Crippen molar-refractivity contribution in [2.75, 3.05) is 18.0 Å². The standard InChI is InChI=1S/C13H13ClN4O/c1-3-9-10(6-15)12(14)17-13(11(9)16-2)18-5-4-8(19)7-18/h8,19H,3-5,7H2,1H3/t8-/m0/s1. The molecule has 0 bridgehead atoms. The van der Waals surface area contributed by atoms with E-state index in [0.717, 1.165) is 0 Å². The minimum absolute atomic E-state index is 0.128. The highest BCUT2D eigenvalue weighted by Gasteiger charge is 2.27. The second kappa shape index (κ2) is 5.44. The van der Waals surface area contributed by atoms with E-state index < -0.39 is 6.10 Å². The molecule has 1 atom stereocenters. The van der Waals surface area contributed by atoms with Gasteiger partial charge >= 0.3 is 0 Å². The van der Waals surface area contributed by atoms with Crippen LogP contribution in [0.25, 0.3) is 4.85 Å². The van der Waals surface area contributed by atoms with Crippen LogP contribution in [0.3, 0.4) is 0 Å². The fourth-order valence-electron chi connectivity index (χ4n) is 2.31. The quantitative estimate of drug-likeness (QED) is 0.665. The van der Waals surface area contributed by atoms with E-state index in [1.807, 2.05) is 17.9 Å². The molecule has 0 radical (unpaired) electrons. The van der Waals surface area contributed by atoms with Crippen LogP contribution in [0.2, 0.25) is 5.15 Å². The zero-order chi connectivity index (χ0) is 14.0. The van der Waals surface area contributed by atoms with Crippen LogP contribution in [0.15, 0.2) is 0 Å². The number of anilines is 1. The minimum atomic E-state index is -0.403. The normalized spacial score (nSPS) is 18.2. The summed E-state index contributed by atoms with van der Waals surface area (Å²) >= 11 is 6.03. The van der Waals surface area contributed by atoms with Crippen LogP contribution in [0.1, 0.15) is 24.5 Å². The van der Waals surface area contributed by atoms with Gasteiger partial charge in [-0.3, -0.25) is 0 Å². The summed E-state index contributed by atoms with van der Waals surface area (Å²) in [6.45, 7) is 10.3. The molecule has 1 N–H and O–H groups in total. The number of β-amino-alcohol motifs (C(OH)–C–C–N with tert-alkyl or cyclic N) is 1. The molecule has 0 unspecified atom stereocenters. The van der Waals surface area contributed by atoms with E-state index in [4.69, 9.17) is 23.4 Å². The topological polar surface area (TPSA) is 64.5 Å². The average Bonchev–Trinajstić information content (AvgIpc) is 2.83. The molecule has 0 amide bonds. The van der Waals surface area contributed by atoms with Gasteiger partial charge in [-0.05, 0) is 18.4 Å². The van der Waals surface area contributed by atoms with E-state index in [9.17, 15) is 5.11 Å². The number of pyridine rings is 1. The molecule has 1 aromatic heterocycles. The van der Waals surface area contributed by atoms with Gasteiger partial charge in [0.15, 0.2) is 0 Å². The van der Waals surface area contributed by atoms with Crippen LogP contribution < -0.4 is 4.90 Å². The van der Waals surface area contributed by atoms with Gasteiger partial charge in [-0.1, -0.05) is 18.5 Å². The number of aliphatic hydroxyl groups excluding tert-OH is 1. The van der Waals surface area contributed by atoms with E-state index in [1.165, 1.54) is 0 Å². The molecular weight excluding hydrogens is 264 g/mol. The summed E-state index contributed by atoms with van der Waals surface area (Å²) in [5, 5.41) is 18.8. The maximum Gasteiger partial charge on any atom is 0.232 e. The zero-order valence-electron chi connectivity index (χ0n) is 10.5. The summed E-state index contributed by atoms with van der Waals surface area (Å²) in [6, 6.07) is 2.01. The maximum atomic E-state index is 9.59. The largest absolute Gasteiger partial charge is 0.391 e. The number of hydrogen-bond donors (Lipinski definition) is 1.